The summed E-state index contributed by atoms with van der Waals surface area (Å²) in [5.74, 6) is -0.491. The average Bonchev–Trinajstić information content (AvgIpc) is 2.52. The van der Waals surface area contributed by atoms with Crippen molar-refractivity contribution in [1.29, 1.82) is 0 Å². The monoisotopic (exact) mass is 398 g/mol. The number of phosphoric ester groups is 1. The second-order valence-corrected chi connectivity index (χ2v) is 9.62. The Morgan fingerprint density at radius 2 is 1.85 bits per heavy atom. The minimum atomic E-state index is -4.68. The fourth-order valence-corrected chi connectivity index (χ4v) is 6.68. The van der Waals surface area contributed by atoms with Gasteiger partial charge >= 0.3 is 7.82 Å². The van der Waals surface area contributed by atoms with Crippen LogP contribution < -0.4 is 4.52 Å². The number of benzene rings is 1. The van der Waals surface area contributed by atoms with E-state index >= 15 is 0 Å². The van der Waals surface area contributed by atoms with Crippen LogP contribution in [-0.4, -0.2) is 33.2 Å². The molecule has 1 heterocycles. The number of hydrogen-bond donors (Lipinski definition) is 3. The summed E-state index contributed by atoms with van der Waals surface area (Å²) in [5.41, 5.74) is -0.765. The Balaban J connectivity index is 1.56. The van der Waals surface area contributed by atoms with E-state index < -0.39 is 24.8 Å². The third-order valence-corrected chi connectivity index (χ3v) is 7.36. The average molecular weight is 398 g/mol. The van der Waals surface area contributed by atoms with E-state index in [1.165, 1.54) is 12.1 Å². The van der Waals surface area contributed by atoms with Crippen LogP contribution in [0.15, 0.2) is 24.3 Å². The number of phosphoric acid groups is 1. The van der Waals surface area contributed by atoms with Gasteiger partial charge in [-0.1, -0.05) is 12.1 Å². The summed E-state index contributed by atoms with van der Waals surface area (Å²) >= 11 is 0. The Morgan fingerprint density at radius 1 is 1.15 bits per heavy atom. The Hall–Kier alpha value is -0.990. The number of ether oxygens (including phenoxy) is 1. The van der Waals surface area contributed by atoms with Gasteiger partial charge in [-0.2, -0.15) is 4.89 Å². The van der Waals surface area contributed by atoms with Crippen LogP contribution in [0, 0.1) is 17.8 Å². The lowest BCUT2D eigenvalue weighted by atomic mass is 9.45. The minimum Gasteiger partial charge on any atom is -0.404 e. The van der Waals surface area contributed by atoms with E-state index in [2.05, 4.69) is 0 Å². The third-order valence-electron chi connectivity index (χ3n) is 6.91. The van der Waals surface area contributed by atoms with Gasteiger partial charge < -0.3 is 14.4 Å². The highest BCUT2D eigenvalue weighted by atomic mass is 31.2. The SMILES string of the molecule is COC1(c2cccc(OP(=O)(O)O)c2)OOC12C1CC3CC2CC(O)(C3)C1. The van der Waals surface area contributed by atoms with Gasteiger partial charge in [0.15, 0.2) is 5.60 Å². The maximum atomic E-state index is 11.2. The number of hydrogen-bond acceptors (Lipinski definition) is 6. The molecule has 1 aromatic rings. The molecule has 1 spiro atoms. The Kier molecular flexibility index (Phi) is 3.71. The predicted octanol–water partition coefficient (Wildman–Crippen LogP) is 2.23. The first kappa shape index (κ1) is 18.1. The summed E-state index contributed by atoms with van der Waals surface area (Å²) in [6, 6.07) is 6.41. The maximum Gasteiger partial charge on any atom is 0.524 e. The van der Waals surface area contributed by atoms with Crippen LogP contribution in [0.3, 0.4) is 0 Å². The maximum absolute atomic E-state index is 11.2. The lowest BCUT2D eigenvalue weighted by Crippen LogP contribution is -2.78. The van der Waals surface area contributed by atoms with Crippen molar-refractivity contribution in [3.05, 3.63) is 29.8 Å². The van der Waals surface area contributed by atoms with Crippen LogP contribution in [0.1, 0.15) is 37.7 Å². The lowest BCUT2D eigenvalue weighted by Gasteiger charge is -2.70. The highest BCUT2D eigenvalue weighted by Crippen LogP contribution is 2.70. The minimum absolute atomic E-state index is 0.0327. The number of aliphatic hydroxyl groups is 1. The summed E-state index contributed by atoms with van der Waals surface area (Å²) in [4.78, 5) is 29.6. The Morgan fingerprint density at radius 3 is 2.37 bits per heavy atom. The largest absolute Gasteiger partial charge is 0.524 e. The second kappa shape index (κ2) is 5.54. The van der Waals surface area contributed by atoms with Crippen molar-refractivity contribution in [2.45, 2.75) is 49.1 Å². The first-order valence-corrected chi connectivity index (χ1v) is 10.7. The molecule has 4 saturated carbocycles. The third kappa shape index (κ3) is 2.42. The second-order valence-electron chi connectivity index (χ2n) is 8.46. The van der Waals surface area contributed by atoms with Gasteiger partial charge in [-0.15, -0.1) is 0 Å². The van der Waals surface area contributed by atoms with Gasteiger partial charge in [0.1, 0.15) is 5.75 Å². The molecular formula is C18H23O8P. The zero-order valence-corrected chi connectivity index (χ0v) is 15.8. The highest BCUT2D eigenvalue weighted by molar-refractivity contribution is 7.46. The summed E-state index contributed by atoms with van der Waals surface area (Å²) in [6.45, 7) is 0. The molecule has 1 saturated heterocycles. The van der Waals surface area contributed by atoms with Gasteiger partial charge in [-0.05, 0) is 50.2 Å². The summed E-state index contributed by atoms with van der Waals surface area (Å²) < 4.78 is 21.8. The van der Waals surface area contributed by atoms with Crippen molar-refractivity contribution >= 4 is 7.82 Å². The van der Waals surface area contributed by atoms with Gasteiger partial charge in [0.05, 0.1) is 5.60 Å². The molecule has 3 unspecified atom stereocenters. The van der Waals surface area contributed by atoms with Crippen molar-refractivity contribution in [2.75, 3.05) is 7.11 Å². The van der Waals surface area contributed by atoms with Gasteiger partial charge in [0.25, 0.3) is 5.79 Å². The lowest BCUT2D eigenvalue weighted by molar-refractivity contribution is -0.647. The smallest absolute Gasteiger partial charge is 0.404 e. The molecule has 4 bridgehead atoms. The molecular weight excluding hydrogens is 375 g/mol. The first-order valence-electron chi connectivity index (χ1n) is 9.20. The first-order chi connectivity index (χ1) is 12.7. The van der Waals surface area contributed by atoms with E-state index in [-0.39, 0.29) is 17.6 Å². The molecule has 1 aromatic carbocycles. The van der Waals surface area contributed by atoms with Gasteiger partial charge in [-0.3, -0.25) is 9.79 Å². The van der Waals surface area contributed by atoms with E-state index in [1.807, 2.05) is 0 Å². The summed E-state index contributed by atoms with van der Waals surface area (Å²) in [6.07, 6.45) is 4.04. The zero-order valence-electron chi connectivity index (χ0n) is 14.9. The van der Waals surface area contributed by atoms with Crippen LogP contribution in [0.5, 0.6) is 5.75 Å². The molecule has 4 aliphatic carbocycles. The quantitative estimate of drug-likeness (QED) is 0.523. The van der Waals surface area contributed by atoms with Crippen LogP contribution in [0.2, 0.25) is 0 Å². The van der Waals surface area contributed by atoms with E-state index in [0.29, 0.717) is 24.3 Å². The molecule has 0 radical (unpaired) electrons. The van der Waals surface area contributed by atoms with Crippen molar-refractivity contribution in [3.63, 3.8) is 0 Å². The van der Waals surface area contributed by atoms with Gasteiger partial charge in [0.2, 0.25) is 0 Å². The van der Waals surface area contributed by atoms with Crippen molar-refractivity contribution in [3.8, 4) is 5.75 Å². The Labute approximate surface area is 156 Å². The number of methoxy groups -OCH3 is 1. The molecule has 9 heteroatoms. The molecule has 5 aliphatic rings. The zero-order chi connectivity index (χ0) is 19.1. The van der Waals surface area contributed by atoms with Crippen molar-refractivity contribution in [2.24, 2.45) is 17.8 Å². The van der Waals surface area contributed by atoms with E-state index in [1.54, 1.807) is 19.2 Å². The standard InChI is InChI=1S/C18H23O8P/c1-23-18(12-3-2-4-15(7-12)24-27(20,21)22)17(25-26-18)13-5-11-6-14(17)10-16(19,8-11)9-13/h2-4,7,11,13-14,19H,5-6,8-10H2,1H3,(H2,20,21,22). The fourth-order valence-electron chi connectivity index (χ4n) is 6.29. The van der Waals surface area contributed by atoms with Crippen LogP contribution in [0.25, 0.3) is 0 Å². The Bertz CT molecular complexity index is 801. The van der Waals surface area contributed by atoms with E-state index in [4.69, 9.17) is 28.8 Å². The molecule has 3 N–H and O–H groups in total. The molecule has 0 amide bonds. The molecule has 148 valence electrons. The van der Waals surface area contributed by atoms with Crippen LogP contribution in [0.4, 0.5) is 0 Å². The van der Waals surface area contributed by atoms with E-state index in [9.17, 15) is 9.67 Å². The van der Waals surface area contributed by atoms with E-state index in [0.717, 1.165) is 19.3 Å². The van der Waals surface area contributed by atoms with Crippen LogP contribution >= 0.6 is 7.82 Å². The molecule has 1 aliphatic heterocycles. The fraction of sp³-hybridized carbons (Fsp3) is 0.667. The normalized spacial score (nSPS) is 45.1. The van der Waals surface area contributed by atoms with Gasteiger partial charge in [-0.25, -0.2) is 9.45 Å². The summed E-state index contributed by atoms with van der Waals surface area (Å²) in [5, 5.41) is 10.9. The van der Waals surface area contributed by atoms with Crippen molar-refractivity contribution in [1.82, 2.24) is 0 Å². The topological polar surface area (TPSA) is 115 Å². The molecule has 6 rings (SSSR count). The predicted molar refractivity (Wildman–Crippen MR) is 91.2 cm³/mol. The summed E-state index contributed by atoms with van der Waals surface area (Å²) in [7, 11) is -3.13. The molecule has 3 atom stereocenters. The van der Waals surface area contributed by atoms with Crippen LogP contribution in [-0.2, 0) is 24.9 Å². The molecule has 27 heavy (non-hydrogen) atoms. The molecule has 5 fully saturated rings. The van der Waals surface area contributed by atoms with Gasteiger partial charge in [0, 0.05) is 24.5 Å². The van der Waals surface area contributed by atoms with Crippen molar-refractivity contribution < 1.29 is 38.5 Å². The molecule has 0 aromatic heterocycles. The highest BCUT2D eigenvalue weighted by Gasteiger charge is 2.78. The molecule has 8 nitrogen and oxygen atoms in total. The number of rotatable bonds is 4.